The van der Waals surface area contributed by atoms with E-state index in [2.05, 4.69) is 45.1 Å². The fourth-order valence-corrected chi connectivity index (χ4v) is 3.58. The van der Waals surface area contributed by atoms with Crippen LogP contribution < -0.4 is 0 Å². The van der Waals surface area contributed by atoms with E-state index in [1.54, 1.807) is 0 Å². The number of nitrogens with zero attached hydrogens (tertiary/aromatic N) is 1. The van der Waals surface area contributed by atoms with E-state index in [-0.39, 0.29) is 0 Å². The lowest BCUT2D eigenvalue weighted by atomic mass is 10.00. The number of rotatable bonds is 2. The Labute approximate surface area is 155 Å². The van der Waals surface area contributed by atoms with Gasteiger partial charge in [0.25, 0.3) is 0 Å². The smallest absolute Gasteiger partial charge is 0.162 e. The third-order valence-electron chi connectivity index (χ3n) is 4.36. The Kier molecular flexibility index (Phi) is 4.25. The minimum Gasteiger partial charge on any atom is -0.454 e. The fraction of sp³-hybridized carbons (Fsp3) is 0.150. The van der Waals surface area contributed by atoms with E-state index < -0.39 is 0 Å². The summed E-state index contributed by atoms with van der Waals surface area (Å²) in [6, 6.07) is 20.6. The Morgan fingerprint density at radius 1 is 0.958 bits per heavy atom. The van der Waals surface area contributed by atoms with Gasteiger partial charge >= 0.3 is 0 Å². The SMILES string of the molecule is S=C(c1ccc(-c2ccc(Br)cc2)o1)N1CCc2ccccc2C1. The molecule has 0 unspecified atom stereocenters. The number of fused-ring (bicyclic) bond motifs is 1. The number of furan rings is 1. The van der Waals surface area contributed by atoms with Gasteiger partial charge in [-0.25, -0.2) is 0 Å². The Morgan fingerprint density at radius 2 is 1.71 bits per heavy atom. The summed E-state index contributed by atoms with van der Waals surface area (Å²) in [5, 5.41) is 0. The first kappa shape index (κ1) is 15.6. The molecule has 24 heavy (non-hydrogen) atoms. The lowest BCUT2D eigenvalue weighted by molar-refractivity contribution is 0.392. The number of thiocarbonyl (C=S) groups is 1. The first-order valence-electron chi connectivity index (χ1n) is 7.92. The second-order valence-corrected chi connectivity index (χ2v) is 7.22. The predicted octanol–water partition coefficient (Wildman–Crippen LogP) is 5.44. The highest BCUT2D eigenvalue weighted by Crippen LogP contribution is 2.26. The molecule has 120 valence electrons. The van der Waals surface area contributed by atoms with Crippen molar-refractivity contribution >= 4 is 33.1 Å². The van der Waals surface area contributed by atoms with Crippen molar-refractivity contribution in [1.29, 1.82) is 0 Å². The molecule has 2 nitrogen and oxygen atoms in total. The second-order valence-electron chi connectivity index (χ2n) is 5.92. The molecule has 0 saturated heterocycles. The van der Waals surface area contributed by atoms with Gasteiger partial charge in [0.15, 0.2) is 5.76 Å². The quantitative estimate of drug-likeness (QED) is 0.535. The van der Waals surface area contributed by atoms with E-state index in [1.807, 2.05) is 36.4 Å². The largest absolute Gasteiger partial charge is 0.454 e. The van der Waals surface area contributed by atoms with Crippen LogP contribution in [0.25, 0.3) is 11.3 Å². The van der Waals surface area contributed by atoms with Crippen molar-refractivity contribution in [3.8, 4) is 11.3 Å². The molecule has 0 saturated carbocycles. The summed E-state index contributed by atoms with van der Waals surface area (Å²) in [6.07, 6.45) is 1.02. The van der Waals surface area contributed by atoms with Crippen molar-refractivity contribution in [1.82, 2.24) is 4.90 Å². The van der Waals surface area contributed by atoms with Crippen molar-refractivity contribution < 1.29 is 4.42 Å². The van der Waals surface area contributed by atoms with Gasteiger partial charge in [0.05, 0.1) is 0 Å². The molecule has 1 aliphatic rings. The van der Waals surface area contributed by atoms with Gasteiger partial charge in [0.1, 0.15) is 10.7 Å². The Hall–Kier alpha value is -1.91. The average Bonchev–Trinajstić information content (AvgIpc) is 3.11. The van der Waals surface area contributed by atoms with E-state index in [4.69, 9.17) is 16.6 Å². The summed E-state index contributed by atoms with van der Waals surface area (Å²) < 4.78 is 7.07. The molecule has 1 aromatic heterocycles. The van der Waals surface area contributed by atoms with Crippen LogP contribution in [0.2, 0.25) is 0 Å². The topological polar surface area (TPSA) is 16.4 Å². The van der Waals surface area contributed by atoms with Crippen molar-refractivity contribution in [2.75, 3.05) is 6.54 Å². The van der Waals surface area contributed by atoms with Crippen molar-refractivity contribution in [2.24, 2.45) is 0 Å². The number of hydrogen-bond donors (Lipinski definition) is 0. The van der Waals surface area contributed by atoms with Crippen LogP contribution in [0.1, 0.15) is 16.9 Å². The van der Waals surface area contributed by atoms with Crippen LogP contribution in [0.15, 0.2) is 69.6 Å². The molecule has 0 radical (unpaired) electrons. The third-order valence-corrected chi connectivity index (χ3v) is 5.35. The van der Waals surface area contributed by atoms with E-state index in [9.17, 15) is 0 Å². The zero-order valence-corrected chi connectivity index (χ0v) is 15.4. The lowest BCUT2D eigenvalue weighted by Crippen LogP contribution is -2.35. The van der Waals surface area contributed by atoms with Gasteiger partial charge in [0.2, 0.25) is 0 Å². The highest BCUT2D eigenvalue weighted by atomic mass is 79.9. The van der Waals surface area contributed by atoms with Gasteiger partial charge in [-0.1, -0.05) is 64.5 Å². The first-order valence-corrected chi connectivity index (χ1v) is 9.13. The van der Waals surface area contributed by atoms with Crippen LogP contribution in [0.5, 0.6) is 0 Å². The molecule has 0 fully saturated rings. The second kappa shape index (κ2) is 6.54. The van der Waals surface area contributed by atoms with Gasteiger partial charge in [-0.05, 0) is 41.8 Å². The van der Waals surface area contributed by atoms with Crippen LogP contribution >= 0.6 is 28.1 Å². The third kappa shape index (κ3) is 3.04. The molecule has 2 heterocycles. The summed E-state index contributed by atoms with van der Waals surface area (Å²) in [7, 11) is 0. The molecular weight excluding hydrogens is 382 g/mol. The summed E-state index contributed by atoms with van der Waals surface area (Å²) in [5.74, 6) is 1.61. The molecule has 4 heteroatoms. The molecule has 0 N–H and O–H groups in total. The maximum Gasteiger partial charge on any atom is 0.162 e. The fourth-order valence-electron chi connectivity index (χ4n) is 3.05. The van der Waals surface area contributed by atoms with Gasteiger partial charge < -0.3 is 9.32 Å². The van der Waals surface area contributed by atoms with Gasteiger partial charge in [-0.2, -0.15) is 0 Å². The van der Waals surface area contributed by atoms with Crippen molar-refractivity contribution in [2.45, 2.75) is 13.0 Å². The molecule has 4 rings (SSSR count). The number of benzene rings is 2. The summed E-state index contributed by atoms with van der Waals surface area (Å²) >= 11 is 9.13. The van der Waals surface area contributed by atoms with Gasteiger partial charge in [-0.3, -0.25) is 0 Å². The van der Waals surface area contributed by atoms with E-state index in [0.29, 0.717) is 0 Å². The Morgan fingerprint density at radius 3 is 2.50 bits per heavy atom. The van der Waals surface area contributed by atoms with E-state index >= 15 is 0 Å². The summed E-state index contributed by atoms with van der Waals surface area (Å²) in [6.45, 7) is 1.79. The molecule has 3 aromatic rings. The highest BCUT2D eigenvalue weighted by Gasteiger charge is 2.21. The summed E-state index contributed by atoms with van der Waals surface area (Å²) in [4.78, 5) is 3.01. The molecule has 0 bridgehead atoms. The van der Waals surface area contributed by atoms with Gasteiger partial charge in [-0.15, -0.1) is 0 Å². The maximum atomic E-state index is 6.01. The van der Waals surface area contributed by atoms with Gasteiger partial charge in [0, 0.05) is 23.1 Å². The highest BCUT2D eigenvalue weighted by molar-refractivity contribution is 9.10. The predicted molar refractivity (Wildman–Crippen MR) is 104 cm³/mol. The van der Waals surface area contributed by atoms with Crippen LogP contribution in [-0.4, -0.2) is 16.4 Å². The zero-order chi connectivity index (χ0) is 16.5. The normalized spacial score (nSPS) is 13.6. The van der Waals surface area contributed by atoms with E-state index in [1.165, 1.54) is 11.1 Å². The average molecular weight is 398 g/mol. The van der Waals surface area contributed by atoms with Crippen molar-refractivity contribution in [3.63, 3.8) is 0 Å². The molecule has 2 aromatic carbocycles. The molecule has 0 aliphatic carbocycles. The minimum absolute atomic E-state index is 0.766. The maximum absolute atomic E-state index is 6.01. The molecular formula is C20H16BrNOS. The molecule has 0 amide bonds. The molecule has 1 aliphatic heterocycles. The zero-order valence-electron chi connectivity index (χ0n) is 13.0. The minimum atomic E-state index is 0.766. The lowest BCUT2D eigenvalue weighted by Gasteiger charge is -2.30. The first-order chi connectivity index (χ1) is 11.7. The van der Waals surface area contributed by atoms with E-state index in [0.717, 1.165) is 46.1 Å². The van der Waals surface area contributed by atoms with Crippen LogP contribution in [0, 0.1) is 0 Å². The number of halogens is 1. The summed E-state index contributed by atoms with van der Waals surface area (Å²) in [5.41, 5.74) is 3.83. The Bertz CT molecular complexity index is 885. The van der Waals surface area contributed by atoms with Crippen molar-refractivity contribution in [3.05, 3.63) is 82.0 Å². The van der Waals surface area contributed by atoms with Crippen LogP contribution in [-0.2, 0) is 13.0 Å². The Balaban J connectivity index is 1.55. The van der Waals surface area contributed by atoms with Crippen LogP contribution in [0.4, 0.5) is 0 Å². The monoisotopic (exact) mass is 397 g/mol. The number of hydrogen-bond acceptors (Lipinski definition) is 2. The standard InChI is InChI=1S/C20H16BrNOS/c21-17-7-5-15(6-8-17)18-9-10-19(23-18)20(24)22-12-11-14-3-1-2-4-16(14)13-22/h1-10H,11-13H2. The molecule has 0 spiro atoms. The van der Waals surface area contributed by atoms with Crippen LogP contribution in [0.3, 0.4) is 0 Å². The molecule has 0 atom stereocenters.